The number of benzene rings is 1. The van der Waals surface area contributed by atoms with Gasteiger partial charge in [-0.25, -0.2) is 0 Å². The predicted octanol–water partition coefficient (Wildman–Crippen LogP) is 2.74. The molecular formula is C17H25NO2. The van der Waals surface area contributed by atoms with Gasteiger partial charge in [-0.3, -0.25) is 4.79 Å². The summed E-state index contributed by atoms with van der Waals surface area (Å²) in [7, 11) is 0. The average molecular weight is 275 g/mol. The summed E-state index contributed by atoms with van der Waals surface area (Å²) in [6, 6.07) is 8.56. The number of hydrogen-bond donors (Lipinski definition) is 2. The second-order valence-electron chi connectivity index (χ2n) is 6.05. The first-order valence-electron chi connectivity index (χ1n) is 7.62. The third-order valence-corrected chi connectivity index (χ3v) is 4.14. The molecule has 1 saturated carbocycles. The lowest BCUT2D eigenvalue weighted by Gasteiger charge is -2.36. The molecule has 3 heteroatoms. The summed E-state index contributed by atoms with van der Waals surface area (Å²) < 4.78 is 0. The Hall–Kier alpha value is -1.35. The maximum absolute atomic E-state index is 11.7. The summed E-state index contributed by atoms with van der Waals surface area (Å²) in [5.41, 5.74) is 2.00. The van der Waals surface area contributed by atoms with Gasteiger partial charge in [-0.05, 0) is 51.0 Å². The molecule has 1 aromatic rings. The molecule has 1 aromatic carbocycles. The Morgan fingerprint density at radius 3 is 2.55 bits per heavy atom. The maximum atomic E-state index is 11.7. The summed E-state index contributed by atoms with van der Waals surface area (Å²) in [6.45, 7) is 2.51. The number of rotatable bonds is 7. The first-order chi connectivity index (χ1) is 9.57. The van der Waals surface area contributed by atoms with Crippen LogP contribution in [0.5, 0.6) is 0 Å². The Bertz CT molecular complexity index is 435. The lowest BCUT2D eigenvalue weighted by molar-refractivity contribution is -0.123. The largest absolute Gasteiger partial charge is 0.388 e. The van der Waals surface area contributed by atoms with E-state index >= 15 is 0 Å². The van der Waals surface area contributed by atoms with Crippen molar-refractivity contribution in [3.63, 3.8) is 0 Å². The minimum absolute atomic E-state index is 0.0641. The molecule has 3 nitrogen and oxygen atoms in total. The van der Waals surface area contributed by atoms with Gasteiger partial charge in [0, 0.05) is 13.0 Å². The molecule has 20 heavy (non-hydrogen) atoms. The fourth-order valence-electron chi connectivity index (χ4n) is 2.48. The smallest absolute Gasteiger partial charge is 0.220 e. The van der Waals surface area contributed by atoms with Crippen molar-refractivity contribution in [3.8, 4) is 0 Å². The second-order valence-corrected chi connectivity index (χ2v) is 6.05. The Kier molecular flexibility index (Phi) is 5.18. The van der Waals surface area contributed by atoms with Crippen LogP contribution >= 0.6 is 0 Å². The first-order valence-corrected chi connectivity index (χ1v) is 7.62. The Morgan fingerprint density at radius 2 is 1.95 bits per heavy atom. The van der Waals surface area contributed by atoms with Gasteiger partial charge in [-0.1, -0.05) is 29.8 Å². The monoisotopic (exact) mass is 275 g/mol. The number of amides is 1. The van der Waals surface area contributed by atoms with Gasteiger partial charge >= 0.3 is 0 Å². The molecule has 0 spiro atoms. The van der Waals surface area contributed by atoms with Crippen molar-refractivity contribution in [1.29, 1.82) is 0 Å². The topological polar surface area (TPSA) is 49.3 Å². The van der Waals surface area contributed by atoms with E-state index in [0.29, 0.717) is 13.0 Å². The summed E-state index contributed by atoms with van der Waals surface area (Å²) in [6.07, 6.45) is 6.22. The van der Waals surface area contributed by atoms with Crippen LogP contribution in [0, 0.1) is 6.92 Å². The number of hydrogen-bond acceptors (Lipinski definition) is 2. The van der Waals surface area contributed by atoms with E-state index in [-0.39, 0.29) is 5.91 Å². The molecule has 0 radical (unpaired) electrons. The molecule has 110 valence electrons. The number of aliphatic hydroxyl groups is 1. The summed E-state index contributed by atoms with van der Waals surface area (Å²) in [5, 5.41) is 12.7. The van der Waals surface area contributed by atoms with Crippen LogP contribution in [0.15, 0.2) is 24.3 Å². The van der Waals surface area contributed by atoms with Crippen molar-refractivity contribution in [2.45, 2.75) is 57.5 Å². The van der Waals surface area contributed by atoms with Crippen LogP contribution in [0.3, 0.4) is 0 Å². The zero-order valence-electron chi connectivity index (χ0n) is 12.3. The molecule has 2 rings (SSSR count). The zero-order chi connectivity index (χ0) is 14.4. The molecule has 0 bridgehead atoms. The van der Waals surface area contributed by atoms with Crippen molar-refractivity contribution in [1.82, 2.24) is 5.32 Å². The molecule has 0 saturated heterocycles. The molecule has 1 amide bonds. The minimum atomic E-state index is -0.614. The van der Waals surface area contributed by atoms with Gasteiger partial charge < -0.3 is 10.4 Å². The highest BCUT2D eigenvalue weighted by molar-refractivity contribution is 5.75. The second kappa shape index (κ2) is 6.89. The minimum Gasteiger partial charge on any atom is -0.388 e. The van der Waals surface area contributed by atoms with Crippen LogP contribution in [-0.4, -0.2) is 23.2 Å². The van der Waals surface area contributed by atoms with E-state index in [1.165, 1.54) is 11.1 Å². The molecule has 2 N–H and O–H groups in total. The summed E-state index contributed by atoms with van der Waals surface area (Å²) in [5.74, 6) is 0.0641. The number of carbonyl (C=O) groups is 1. The van der Waals surface area contributed by atoms with Crippen molar-refractivity contribution in [2.75, 3.05) is 6.54 Å². The molecule has 0 unspecified atom stereocenters. The number of unbranched alkanes of at least 4 members (excludes halogenated alkanes) is 1. The predicted molar refractivity (Wildman–Crippen MR) is 80.5 cm³/mol. The van der Waals surface area contributed by atoms with E-state index in [1.807, 2.05) is 0 Å². The van der Waals surface area contributed by atoms with Gasteiger partial charge in [0.2, 0.25) is 5.91 Å². The quantitative estimate of drug-likeness (QED) is 0.752. The van der Waals surface area contributed by atoms with Crippen LogP contribution in [0.2, 0.25) is 0 Å². The third kappa shape index (κ3) is 4.64. The van der Waals surface area contributed by atoms with E-state index in [2.05, 4.69) is 36.5 Å². The Morgan fingerprint density at radius 1 is 1.25 bits per heavy atom. The highest BCUT2D eigenvalue weighted by Crippen LogP contribution is 2.30. The van der Waals surface area contributed by atoms with E-state index in [4.69, 9.17) is 0 Å². The lowest BCUT2D eigenvalue weighted by Crippen LogP contribution is -2.47. The SMILES string of the molecule is Cc1ccc(CCCCC(=O)NCC2(O)CCC2)cc1. The maximum Gasteiger partial charge on any atom is 0.220 e. The van der Waals surface area contributed by atoms with Gasteiger partial charge in [0.15, 0.2) is 0 Å². The number of nitrogens with one attached hydrogen (secondary N) is 1. The van der Waals surface area contributed by atoms with Crippen LogP contribution in [-0.2, 0) is 11.2 Å². The van der Waals surface area contributed by atoms with Gasteiger partial charge in [0.25, 0.3) is 0 Å². The summed E-state index contributed by atoms with van der Waals surface area (Å²) in [4.78, 5) is 11.7. The molecule has 1 fully saturated rings. The van der Waals surface area contributed by atoms with Gasteiger partial charge in [-0.15, -0.1) is 0 Å². The van der Waals surface area contributed by atoms with Crippen LogP contribution < -0.4 is 5.32 Å². The molecule has 1 aliphatic rings. The zero-order valence-corrected chi connectivity index (χ0v) is 12.3. The lowest BCUT2D eigenvalue weighted by atomic mass is 9.80. The first kappa shape index (κ1) is 15.0. The van der Waals surface area contributed by atoms with Crippen molar-refractivity contribution in [2.24, 2.45) is 0 Å². The number of carbonyl (C=O) groups excluding carboxylic acids is 1. The molecule has 0 heterocycles. The summed E-state index contributed by atoms with van der Waals surface area (Å²) >= 11 is 0. The van der Waals surface area contributed by atoms with Crippen LogP contribution in [0.25, 0.3) is 0 Å². The van der Waals surface area contributed by atoms with Crippen molar-refractivity contribution in [3.05, 3.63) is 35.4 Å². The molecule has 1 aliphatic carbocycles. The van der Waals surface area contributed by atoms with Gasteiger partial charge in [0.1, 0.15) is 0 Å². The molecule has 0 aliphatic heterocycles. The standard InChI is InChI=1S/C17H25NO2/c1-14-7-9-15(10-8-14)5-2-3-6-16(19)18-13-17(20)11-4-12-17/h7-10,20H,2-6,11-13H2,1H3,(H,18,19). The number of aryl methyl sites for hydroxylation is 2. The van der Waals surface area contributed by atoms with E-state index in [0.717, 1.165) is 38.5 Å². The van der Waals surface area contributed by atoms with E-state index in [9.17, 15) is 9.90 Å². The fourth-order valence-corrected chi connectivity index (χ4v) is 2.48. The Labute approximate surface area is 121 Å². The third-order valence-electron chi connectivity index (χ3n) is 4.14. The van der Waals surface area contributed by atoms with Gasteiger partial charge in [0.05, 0.1) is 5.60 Å². The van der Waals surface area contributed by atoms with Crippen LogP contribution in [0.4, 0.5) is 0 Å². The van der Waals surface area contributed by atoms with E-state index in [1.54, 1.807) is 0 Å². The molecule has 0 atom stereocenters. The Balaban J connectivity index is 1.56. The van der Waals surface area contributed by atoms with Gasteiger partial charge in [-0.2, -0.15) is 0 Å². The normalized spacial score (nSPS) is 16.5. The average Bonchev–Trinajstić information content (AvgIpc) is 2.41. The van der Waals surface area contributed by atoms with Crippen LogP contribution in [0.1, 0.15) is 49.7 Å². The van der Waals surface area contributed by atoms with Crippen molar-refractivity contribution >= 4 is 5.91 Å². The highest BCUT2D eigenvalue weighted by Gasteiger charge is 2.34. The molecular weight excluding hydrogens is 250 g/mol. The van der Waals surface area contributed by atoms with Crippen molar-refractivity contribution < 1.29 is 9.90 Å². The highest BCUT2D eigenvalue weighted by atomic mass is 16.3. The fraction of sp³-hybridized carbons (Fsp3) is 0.588. The molecule has 0 aromatic heterocycles. The van der Waals surface area contributed by atoms with E-state index < -0.39 is 5.60 Å².